The second kappa shape index (κ2) is 20.0. The number of alkyl halides is 6. The van der Waals surface area contributed by atoms with Crippen LogP contribution in [0.1, 0.15) is 48.5 Å². The van der Waals surface area contributed by atoms with Gasteiger partial charge in [-0.25, -0.2) is 4.90 Å². The first kappa shape index (κ1) is 50.0. The van der Waals surface area contributed by atoms with Gasteiger partial charge in [-0.15, -0.1) is 0 Å². The van der Waals surface area contributed by atoms with E-state index in [0.717, 1.165) is 48.5 Å². The number of cyclic esters (lactones) is 1. The number of nitrogens with zero attached hydrogens (tertiary/aromatic N) is 1. The summed E-state index contributed by atoms with van der Waals surface area (Å²) < 4.78 is 142. The van der Waals surface area contributed by atoms with E-state index in [4.69, 9.17) is 47.4 Å². The maximum atomic E-state index is 14.0. The van der Waals surface area contributed by atoms with Gasteiger partial charge in [0.15, 0.2) is 43.0 Å². The number of carbonyl (C=O) groups excluding carboxylic acids is 9. The van der Waals surface area contributed by atoms with E-state index in [0.29, 0.717) is 0 Å². The zero-order valence-corrected chi connectivity index (χ0v) is 33.0. The average Bonchev–Trinajstić information content (AvgIpc) is 3.44. The fourth-order valence-corrected chi connectivity index (χ4v) is 6.34. The van der Waals surface area contributed by atoms with Gasteiger partial charge in [0.05, 0.1) is 6.54 Å². The van der Waals surface area contributed by atoms with Crippen LogP contribution >= 0.6 is 0 Å². The highest BCUT2D eigenvalue weighted by Gasteiger charge is 2.80. The summed E-state index contributed by atoms with van der Waals surface area (Å²) >= 11 is 0. The topological polar surface area (TPSA) is 270 Å². The molecule has 1 N–H and O–H groups in total. The lowest BCUT2D eigenvalue weighted by molar-refractivity contribution is -0.398. The van der Waals surface area contributed by atoms with Gasteiger partial charge in [0.25, 0.3) is 0 Å². The lowest BCUT2D eigenvalue weighted by Gasteiger charge is -2.49. The quantitative estimate of drug-likeness (QED) is 0.130. The van der Waals surface area contributed by atoms with Crippen molar-refractivity contribution in [2.75, 3.05) is 26.3 Å². The Morgan fingerprint density at radius 3 is 1.46 bits per heavy atom. The van der Waals surface area contributed by atoms with Gasteiger partial charge >= 0.3 is 65.8 Å². The van der Waals surface area contributed by atoms with Crippen molar-refractivity contribution in [1.82, 2.24) is 10.2 Å². The van der Waals surface area contributed by atoms with Gasteiger partial charge in [-0.3, -0.25) is 43.2 Å². The zero-order valence-electron chi connectivity index (χ0n) is 33.0. The molecule has 0 saturated carbocycles. The normalized spacial score (nSPS) is 28.9. The van der Waals surface area contributed by atoms with Gasteiger partial charge in [-0.05, 0) is 0 Å². The monoisotopic (exact) mass is 898 g/mol. The molecule has 0 radical (unpaired) electrons. The molecule has 0 aliphatic carbocycles. The molecule has 3 saturated heterocycles. The Kier molecular flexibility index (Phi) is 16.4. The molecule has 22 nitrogen and oxygen atoms in total. The molecule has 344 valence electrons. The summed E-state index contributed by atoms with van der Waals surface area (Å²) in [6.45, 7) is 0.894. The van der Waals surface area contributed by atoms with Gasteiger partial charge in [-0.2, -0.15) is 26.3 Å². The molecule has 28 heteroatoms. The molecule has 3 aliphatic rings. The van der Waals surface area contributed by atoms with Gasteiger partial charge < -0.3 is 57.4 Å². The Bertz CT molecular complexity index is 1690. The molecule has 10 atom stereocenters. The average molecular weight is 899 g/mol. The molecule has 0 aromatic carbocycles. The van der Waals surface area contributed by atoms with Crippen LogP contribution in [0, 0.1) is 0 Å². The zero-order chi connectivity index (χ0) is 46.4. The van der Waals surface area contributed by atoms with Crippen LogP contribution in [-0.4, -0.2) is 164 Å². The summed E-state index contributed by atoms with van der Waals surface area (Å²) in [7, 11) is 0. The first-order valence-corrected chi connectivity index (χ1v) is 17.6. The van der Waals surface area contributed by atoms with Crippen molar-refractivity contribution in [3.8, 4) is 0 Å². The lowest BCUT2D eigenvalue weighted by Crippen LogP contribution is -2.70. The number of carbonyl (C=O) groups is 9. The molecule has 0 spiro atoms. The number of nitrogens with one attached hydrogen (secondary N) is 1. The fraction of sp³-hybridized carbons (Fsp3) is 0.727. The highest BCUT2D eigenvalue weighted by atomic mass is 19.4. The third kappa shape index (κ3) is 12.6. The van der Waals surface area contributed by atoms with E-state index in [1.807, 2.05) is 5.32 Å². The van der Waals surface area contributed by atoms with E-state index in [2.05, 4.69) is 4.74 Å². The van der Waals surface area contributed by atoms with Crippen LogP contribution in [0.3, 0.4) is 0 Å². The van der Waals surface area contributed by atoms with Crippen molar-refractivity contribution < 1.29 is 122 Å². The minimum Gasteiger partial charge on any atom is -0.463 e. The Morgan fingerprint density at radius 1 is 0.607 bits per heavy atom. The summed E-state index contributed by atoms with van der Waals surface area (Å²) in [5, 5.41) is 1.90. The summed E-state index contributed by atoms with van der Waals surface area (Å²) in [4.78, 5) is 110. The Morgan fingerprint density at radius 2 is 1.02 bits per heavy atom. The number of esters is 8. The number of amides is 1. The molecule has 3 heterocycles. The summed E-state index contributed by atoms with van der Waals surface area (Å²) in [6.07, 6.45) is -32.3. The van der Waals surface area contributed by atoms with Crippen molar-refractivity contribution in [2.24, 2.45) is 0 Å². The van der Waals surface area contributed by atoms with Crippen molar-refractivity contribution in [2.45, 2.75) is 128 Å². The van der Waals surface area contributed by atoms with Gasteiger partial charge in [0, 0.05) is 48.5 Å². The van der Waals surface area contributed by atoms with Crippen LogP contribution < -0.4 is 5.32 Å². The van der Waals surface area contributed by atoms with Crippen LogP contribution in [-0.2, 0) is 95.3 Å². The van der Waals surface area contributed by atoms with E-state index in [9.17, 15) is 69.5 Å². The van der Waals surface area contributed by atoms with E-state index in [1.165, 1.54) is 0 Å². The lowest BCUT2D eigenvalue weighted by atomic mass is 9.95. The van der Waals surface area contributed by atoms with Crippen molar-refractivity contribution in [3.05, 3.63) is 0 Å². The van der Waals surface area contributed by atoms with E-state index < -0.39 is 164 Å². The summed E-state index contributed by atoms with van der Waals surface area (Å²) in [6, 6.07) is 0. The van der Waals surface area contributed by atoms with Crippen LogP contribution in [0.4, 0.5) is 26.3 Å². The Labute approximate surface area is 339 Å². The van der Waals surface area contributed by atoms with Crippen LogP contribution in [0.2, 0.25) is 0 Å². The second-order valence-electron chi connectivity index (χ2n) is 13.3. The second-order valence-corrected chi connectivity index (χ2v) is 13.3. The number of halogens is 6. The predicted octanol–water partition coefficient (Wildman–Crippen LogP) is -0.598. The van der Waals surface area contributed by atoms with Gasteiger partial charge in [0.1, 0.15) is 38.1 Å². The third-order valence-electron chi connectivity index (χ3n) is 8.36. The maximum absolute atomic E-state index is 14.0. The molecule has 0 aromatic heterocycles. The minimum absolute atomic E-state index is 0.676. The van der Waals surface area contributed by atoms with Crippen molar-refractivity contribution >= 4 is 53.7 Å². The molecule has 0 aromatic rings. The predicted molar refractivity (Wildman–Crippen MR) is 174 cm³/mol. The minimum atomic E-state index is -6.34. The highest BCUT2D eigenvalue weighted by Crippen LogP contribution is 2.50. The Balaban J connectivity index is 2.16. The molecule has 3 rings (SSSR count). The van der Waals surface area contributed by atoms with Crippen LogP contribution in [0.5, 0.6) is 0 Å². The van der Waals surface area contributed by atoms with Crippen LogP contribution in [0.15, 0.2) is 0 Å². The number of hydrogen-bond donors (Lipinski definition) is 1. The SMILES string of the molecule is CC(=O)OC[C@H]1O[C@@H](NC(=O)CN2CC(=O)OC2(C(F)(F)F)C(F)(F)F)[C@H](OC(C)=O)[C@@H](OC(C)=O)[C@@H]1O[C@@H]1O[C@H](COC(C)=O)[C@@H](OC(C)=O)[C@H](OC(C)=O)[C@H]1OC(C)=O. The Hall–Kier alpha value is -5.35. The van der Waals surface area contributed by atoms with Crippen LogP contribution in [0.25, 0.3) is 0 Å². The van der Waals surface area contributed by atoms with Crippen molar-refractivity contribution in [1.29, 1.82) is 0 Å². The number of rotatable bonds is 14. The smallest absolute Gasteiger partial charge is 0.453 e. The molecular formula is C33H40F6N2O20. The molecular weight excluding hydrogens is 858 g/mol. The highest BCUT2D eigenvalue weighted by molar-refractivity contribution is 5.81. The van der Waals surface area contributed by atoms with E-state index in [1.54, 1.807) is 0 Å². The van der Waals surface area contributed by atoms with Gasteiger partial charge in [0.2, 0.25) is 5.91 Å². The molecule has 0 unspecified atom stereocenters. The maximum Gasteiger partial charge on any atom is 0.453 e. The molecule has 3 fully saturated rings. The largest absolute Gasteiger partial charge is 0.463 e. The molecule has 1 amide bonds. The fourth-order valence-electron chi connectivity index (χ4n) is 6.34. The molecule has 61 heavy (non-hydrogen) atoms. The number of hydrogen-bond acceptors (Lipinski definition) is 21. The van der Waals surface area contributed by atoms with E-state index in [-0.39, 0.29) is 0 Å². The standard InChI is InChI=1S/C33H40F6N2O20/c1-12(42)51-10-19-24(60-30-28(57-18(7)48)26(55-16(5)46)23(53-14(3)44)20(59-30)11-52-13(2)43)25(54-15(4)45)27(56-17(6)47)29(58-19)40-21(49)8-41-9-22(50)61-31(41,32(34,35)36)33(37,38)39/h19-20,23-30H,8-11H2,1-7H3,(H,40,49)/t19-,20-,23-,24-,25+,26+,27-,28-,29-,30+/m1/s1. The van der Waals surface area contributed by atoms with Crippen molar-refractivity contribution in [3.63, 3.8) is 0 Å². The number of ether oxygens (including phenoxy) is 11. The van der Waals surface area contributed by atoms with E-state index >= 15 is 0 Å². The third-order valence-corrected chi connectivity index (χ3v) is 8.36. The first-order chi connectivity index (χ1) is 28.1. The van der Waals surface area contributed by atoms with Gasteiger partial charge in [-0.1, -0.05) is 0 Å². The first-order valence-electron chi connectivity index (χ1n) is 17.6. The molecule has 3 aliphatic heterocycles. The summed E-state index contributed by atoms with van der Waals surface area (Å²) in [5.41, 5.74) is -5.28. The summed E-state index contributed by atoms with van der Waals surface area (Å²) in [5.74, 6) is -11.3. The molecule has 0 bridgehead atoms.